The van der Waals surface area contributed by atoms with E-state index in [2.05, 4.69) is 5.32 Å². The molecular formula is C17H15N3O2. The topological polar surface area (TPSA) is 65.4 Å². The van der Waals surface area contributed by atoms with E-state index in [9.17, 15) is 4.79 Å². The van der Waals surface area contributed by atoms with Gasteiger partial charge in [-0.25, -0.2) is 0 Å². The van der Waals surface area contributed by atoms with Crippen LogP contribution in [0, 0.1) is 11.3 Å². The third-order valence-electron chi connectivity index (χ3n) is 3.46. The molecule has 2 aromatic carbocycles. The molecule has 0 radical (unpaired) electrons. The Morgan fingerprint density at radius 2 is 2.00 bits per heavy atom. The molecular weight excluding hydrogens is 278 g/mol. The van der Waals surface area contributed by atoms with Crippen LogP contribution in [0.1, 0.15) is 5.56 Å². The van der Waals surface area contributed by atoms with Crippen molar-refractivity contribution in [3.8, 4) is 11.8 Å². The van der Waals surface area contributed by atoms with Gasteiger partial charge in [0, 0.05) is 5.69 Å². The van der Waals surface area contributed by atoms with Crippen LogP contribution in [0.25, 0.3) is 0 Å². The van der Waals surface area contributed by atoms with Crippen molar-refractivity contribution >= 4 is 17.3 Å². The Hall–Kier alpha value is -3.00. The molecule has 1 N–H and O–H groups in total. The molecule has 5 nitrogen and oxygen atoms in total. The number of para-hydroxylation sites is 2. The van der Waals surface area contributed by atoms with Crippen molar-refractivity contribution < 1.29 is 9.53 Å². The Bertz CT molecular complexity index is 719. The molecule has 5 heteroatoms. The molecule has 1 aliphatic rings. The van der Waals surface area contributed by atoms with E-state index >= 15 is 0 Å². The number of benzene rings is 2. The van der Waals surface area contributed by atoms with Gasteiger partial charge in [-0.3, -0.25) is 4.79 Å². The zero-order valence-corrected chi connectivity index (χ0v) is 12.0. The van der Waals surface area contributed by atoms with Crippen molar-refractivity contribution in [1.82, 2.24) is 0 Å². The number of fused-ring (bicyclic) bond motifs is 1. The molecule has 0 saturated heterocycles. The maximum atomic E-state index is 12.2. The van der Waals surface area contributed by atoms with Crippen LogP contribution in [-0.2, 0) is 4.79 Å². The van der Waals surface area contributed by atoms with Gasteiger partial charge in [-0.05, 0) is 36.4 Å². The minimum atomic E-state index is -0.0959. The van der Waals surface area contributed by atoms with E-state index in [4.69, 9.17) is 10.00 Å². The summed E-state index contributed by atoms with van der Waals surface area (Å²) < 4.78 is 5.58. The van der Waals surface area contributed by atoms with Crippen LogP contribution in [0.15, 0.2) is 48.5 Å². The number of ether oxygens (including phenoxy) is 1. The van der Waals surface area contributed by atoms with Crippen molar-refractivity contribution in [2.75, 3.05) is 29.9 Å². The largest absolute Gasteiger partial charge is 0.490 e. The van der Waals surface area contributed by atoms with Crippen LogP contribution >= 0.6 is 0 Å². The van der Waals surface area contributed by atoms with E-state index in [0.29, 0.717) is 24.4 Å². The van der Waals surface area contributed by atoms with Gasteiger partial charge in [-0.2, -0.15) is 5.26 Å². The Morgan fingerprint density at radius 3 is 2.77 bits per heavy atom. The summed E-state index contributed by atoms with van der Waals surface area (Å²) in [4.78, 5) is 14.2. The van der Waals surface area contributed by atoms with Crippen LogP contribution in [0.4, 0.5) is 11.4 Å². The van der Waals surface area contributed by atoms with Gasteiger partial charge >= 0.3 is 0 Å². The first-order valence-electron chi connectivity index (χ1n) is 7.03. The van der Waals surface area contributed by atoms with Crippen molar-refractivity contribution in [2.45, 2.75) is 0 Å². The summed E-state index contributed by atoms with van der Waals surface area (Å²) in [6.07, 6.45) is 0. The van der Waals surface area contributed by atoms with Crippen LogP contribution in [0.5, 0.6) is 5.75 Å². The number of anilines is 2. The highest BCUT2D eigenvalue weighted by Gasteiger charge is 2.19. The van der Waals surface area contributed by atoms with Gasteiger partial charge in [0.2, 0.25) is 5.91 Å². The molecule has 0 unspecified atom stereocenters. The first-order chi connectivity index (χ1) is 10.8. The fourth-order valence-corrected chi connectivity index (χ4v) is 2.39. The number of carbonyl (C=O) groups excluding carboxylic acids is 1. The lowest BCUT2D eigenvalue weighted by Gasteiger charge is -2.30. The molecule has 1 amide bonds. The molecule has 0 fully saturated rings. The first kappa shape index (κ1) is 14.0. The Morgan fingerprint density at radius 1 is 1.23 bits per heavy atom. The molecule has 0 bridgehead atoms. The molecule has 1 heterocycles. The van der Waals surface area contributed by atoms with Gasteiger partial charge in [0.15, 0.2) is 0 Å². The molecule has 22 heavy (non-hydrogen) atoms. The average molecular weight is 293 g/mol. The molecule has 3 rings (SSSR count). The molecule has 110 valence electrons. The predicted molar refractivity (Wildman–Crippen MR) is 83.9 cm³/mol. The van der Waals surface area contributed by atoms with Crippen LogP contribution in [0.3, 0.4) is 0 Å². The first-order valence-corrected chi connectivity index (χ1v) is 7.03. The van der Waals surface area contributed by atoms with Crippen molar-refractivity contribution in [1.29, 1.82) is 5.26 Å². The lowest BCUT2D eigenvalue weighted by atomic mass is 10.2. The minimum absolute atomic E-state index is 0.0959. The summed E-state index contributed by atoms with van der Waals surface area (Å²) in [5.41, 5.74) is 2.19. The van der Waals surface area contributed by atoms with Gasteiger partial charge < -0.3 is 15.0 Å². The molecule has 2 aromatic rings. The summed E-state index contributed by atoms with van der Waals surface area (Å²) in [5, 5.41) is 11.6. The Kier molecular flexibility index (Phi) is 3.92. The van der Waals surface area contributed by atoms with Gasteiger partial charge in [0.25, 0.3) is 0 Å². The Labute approximate surface area is 128 Å². The van der Waals surface area contributed by atoms with Gasteiger partial charge in [0.05, 0.1) is 30.4 Å². The summed E-state index contributed by atoms with van der Waals surface area (Å²) in [7, 11) is 0. The zero-order valence-electron chi connectivity index (χ0n) is 12.0. The minimum Gasteiger partial charge on any atom is -0.490 e. The van der Waals surface area contributed by atoms with Gasteiger partial charge in [0.1, 0.15) is 12.4 Å². The second-order valence-corrected chi connectivity index (χ2v) is 4.98. The van der Waals surface area contributed by atoms with Gasteiger partial charge in [-0.1, -0.05) is 12.1 Å². The van der Waals surface area contributed by atoms with Crippen molar-refractivity contribution in [2.24, 2.45) is 0 Å². The maximum absolute atomic E-state index is 12.2. The lowest BCUT2D eigenvalue weighted by molar-refractivity contribution is -0.115. The smallest absolute Gasteiger partial charge is 0.243 e. The number of nitrogens with one attached hydrogen (secondary N) is 1. The van der Waals surface area contributed by atoms with Crippen LogP contribution < -0.4 is 15.0 Å². The number of hydrogen-bond acceptors (Lipinski definition) is 4. The molecule has 0 aliphatic carbocycles. The lowest BCUT2D eigenvalue weighted by Crippen LogP contribution is -2.38. The van der Waals surface area contributed by atoms with Gasteiger partial charge in [-0.15, -0.1) is 0 Å². The highest BCUT2D eigenvalue weighted by molar-refractivity contribution is 5.94. The number of nitrogens with zero attached hydrogens (tertiary/aromatic N) is 2. The molecule has 0 aromatic heterocycles. The molecule has 0 atom stereocenters. The fourth-order valence-electron chi connectivity index (χ4n) is 2.39. The number of amides is 1. The predicted octanol–water partition coefficient (Wildman–Crippen LogP) is 2.40. The van der Waals surface area contributed by atoms with E-state index in [-0.39, 0.29) is 12.5 Å². The van der Waals surface area contributed by atoms with Crippen LogP contribution in [-0.4, -0.2) is 25.6 Å². The zero-order chi connectivity index (χ0) is 15.4. The van der Waals surface area contributed by atoms with Crippen molar-refractivity contribution in [3.63, 3.8) is 0 Å². The molecule has 1 aliphatic heterocycles. The summed E-state index contributed by atoms with van der Waals surface area (Å²) in [6.45, 7) is 1.51. The third-order valence-corrected chi connectivity index (χ3v) is 3.46. The highest BCUT2D eigenvalue weighted by Crippen LogP contribution is 2.30. The summed E-state index contributed by atoms with van der Waals surface area (Å²) >= 11 is 0. The highest BCUT2D eigenvalue weighted by atomic mass is 16.5. The molecule has 0 saturated carbocycles. The monoisotopic (exact) mass is 293 g/mol. The number of rotatable bonds is 3. The van der Waals surface area contributed by atoms with Crippen molar-refractivity contribution in [3.05, 3.63) is 54.1 Å². The average Bonchev–Trinajstić information content (AvgIpc) is 2.56. The van der Waals surface area contributed by atoms with Crippen LogP contribution in [0.2, 0.25) is 0 Å². The van der Waals surface area contributed by atoms with E-state index in [1.54, 1.807) is 24.3 Å². The maximum Gasteiger partial charge on any atom is 0.243 e. The standard InChI is InChI=1S/C17H15N3O2/c18-11-13-5-7-14(8-6-13)19-17(21)12-20-9-10-22-16-4-2-1-3-15(16)20/h1-8H,9-10,12H2,(H,19,21). The normalized spacial score (nSPS) is 12.8. The number of hydrogen-bond donors (Lipinski definition) is 1. The summed E-state index contributed by atoms with van der Waals surface area (Å²) in [5.74, 6) is 0.710. The Balaban J connectivity index is 1.66. The SMILES string of the molecule is N#Cc1ccc(NC(=O)CN2CCOc3ccccc32)cc1. The third kappa shape index (κ3) is 3.01. The van der Waals surface area contributed by atoms with E-state index in [0.717, 1.165) is 11.4 Å². The number of nitriles is 1. The quantitative estimate of drug-likeness (QED) is 0.943. The van der Waals surface area contributed by atoms with E-state index in [1.807, 2.05) is 35.2 Å². The van der Waals surface area contributed by atoms with E-state index in [1.165, 1.54) is 0 Å². The number of carbonyl (C=O) groups is 1. The molecule has 0 spiro atoms. The second-order valence-electron chi connectivity index (χ2n) is 4.98. The van der Waals surface area contributed by atoms with E-state index < -0.39 is 0 Å². The fraction of sp³-hybridized carbons (Fsp3) is 0.176. The summed E-state index contributed by atoms with van der Waals surface area (Å²) in [6, 6.07) is 16.6. The second kappa shape index (κ2) is 6.19.